The van der Waals surface area contributed by atoms with Crippen LogP contribution in [0.25, 0.3) is 0 Å². The van der Waals surface area contributed by atoms with Crippen LogP contribution in [0.15, 0.2) is 24.3 Å². The molecule has 2 atom stereocenters. The largest absolute Gasteiger partial charge is 0.491 e. The van der Waals surface area contributed by atoms with E-state index in [0.717, 1.165) is 12.2 Å². The van der Waals surface area contributed by atoms with Gasteiger partial charge in [-0.3, -0.25) is 4.79 Å². The number of ether oxygens (including phenoxy) is 1. The van der Waals surface area contributed by atoms with Crippen molar-refractivity contribution in [2.24, 2.45) is 11.7 Å². The van der Waals surface area contributed by atoms with E-state index >= 15 is 0 Å². The Morgan fingerprint density at radius 3 is 2.74 bits per heavy atom. The number of anilines is 1. The molecule has 1 aromatic rings. The molecule has 1 aromatic carbocycles. The molecule has 0 aliphatic rings. The van der Waals surface area contributed by atoms with E-state index in [0.29, 0.717) is 5.69 Å². The molecule has 3 N–H and O–H groups in total. The SMILES string of the molecule is CCC(C)Oc1cccc(NC(=O)C(C)C(N)=S)c1. The van der Waals surface area contributed by atoms with Crippen LogP contribution in [0.3, 0.4) is 0 Å². The molecule has 0 heterocycles. The van der Waals surface area contributed by atoms with Gasteiger partial charge in [0.15, 0.2) is 0 Å². The second-order valence-corrected chi connectivity index (χ2v) is 4.95. The van der Waals surface area contributed by atoms with Crippen molar-refractivity contribution in [2.75, 3.05) is 5.32 Å². The second-order valence-electron chi connectivity index (χ2n) is 4.48. The lowest BCUT2D eigenvalue weighted by Crippen LogP contribution is -2.30. The fourth-order valence-corrected chi connectivity index (χ4v) is 1.45. The number of nitrogens with two attached hydrogens (primary N) is 1. The molecular weight excluding hydrogens is 260 g/mol. The van der Waals surface area contributed by atoms with Crippen LogP contribution < -0.4 is 15.8 Å². The van der Waals surface area contributed by atoms with Gasteiger partial charge in [-0.1, -0.05) is 25.2 Å². The third-order valence-corrected chi connectivity index (χ3v) is 3.19. The van der Waals surface area contributed by atoms with Gasteiger partial charge < -0.3 is 15.8 Å². The van der Waals surface area contributed by atoms with E-state index in [1.165, 1.54) is 0 Å². The van der Waals surface area contributed by atoms with E-state index in [9.17, 15) is 4.79 Å². The van der Waals surface area contributed by atoms with Crippen molar-refractivity contribution in [3.63, 3.8) is 0 Å². The van der Waals surface area contributed by atoms with Crippen LogP contribution in [0.2, 0.25) is 0 Å². The number of hydrogen-bond donors (Lipinski definition) is 2. The summed E-state index contributed by atoms with van der Waals surface area (Å²) in [6.07, 6.45) is 1.07. The Kier molecular flexibility index (Phi) is 5.76. The Balaban J connectivity index is 2.72. The topological polar surface area (TPSA) is 64.3 Å². The summed E-state index contributed by atoms with van der Waals surface area (Å²) in [7, 11) is 0. The molecule has 0 saturated carbocycles. The molecule has 5 heteroatoms. The maximum absolute atomic E-state index is 11.8. The monoisotopic (exact) mass is 280 g/mol. The summed E-state index contributed by atoms with van der Waals surface area (Å²) in [6.45, 7) is 5.73. The van der Waals surface area contributed by atoms with Crippen molar-refractivity contribution in [3.8, 4) is 5.75 Å². The molecule has 0 aliphatic carbocycles. The number of hydrogen-bond acceptors (Lipinski definition) is 3. The van der Waals surface area contributed by atoms with E-state index in [1.807, 2.05) is 19.1 Å². The third kappa shape index (κ3) is 4.87. The van der Waals surface area contributed by atoms with Crippen LogP contribution >= 0.6 is 12.2 Å². The highest BCUT2D eigenvalue weighted by molar-refractivity contribution is 7.80. The second kappa shape index (κ2) is 7.09. The van der Waals surface area contributed by atoms with Crippen molar-refractivity contribution < 1.29 is 9.53 Å². The Morgan fingerprint density at radius 2 is 2.16 bits per heavy atom. The number of carbonyl (C=O) groups excluding carboxylic acids is 1. The summed E-state index contributed by atoms with van der Waals surface area (Å²) in [6, 6.07) is 7.28. The third-order valence-electron chi connectivity index (χ3n) is 2.83. The first-order valence-corrected chi connectivity index (χ1v) is 6.71. The Morgan fingerprint density at radius 1 is 1.47 bits per heavy atom. The first kappa shape index (κ1) is 15.4. The minimum Gasteiger partial charge on any atom is -0.491 e. The van der Waals surface area contributed by atoms with Gasteiger partial charge in [-0.05, 0) is 32.4 Å². The number of thiocarbonyl (C=S) groups is 1. The Labute approximate surface area is 119 Å². The molecule has 0 saturated heterocycles. The molecule has 0 bridgehead atoms. The first-order chi connectivity index (χ1) is 8.93. The fourth-order valence-electron chi connectivity index (χ4n) is 1.34. The van der Waals surface area contributed by atoms with Crippen LogP contribution in [-0.4, -0.2) is 17.0 Å². The summed E-state index contributed by atoms with van der Waals surface area (Å²) in [5.41, 5.74) is 6.13. The zero-order valence-corrected chi connectivity index (χ0v) is 12.3. The summed E-state index contributed by atoms with van der Waals surface area (Å²) in [5, 5.41) is 2.77. The average Bonchev–Trinajstić information content (AvgIpc) is 2.37. The van der Waals surface area contributed by atoms with Gasteiger partial charge >= 0.3 is 0 Å². The van der Waals surface area contributed by atoms with Crippen molar-refractivity contribution in [1.29, 1.82) is 0 Å². The standard InChI is InChI=1S/C14H20N2O2S/c1-4-9(2)18-12-7-5-6-11(8-12)16-14(17)10(3)13(15)19/h5-10H,4H2,1-3H3,(H2,15,19)(H,16,17). The van der Waals surface area contributed by atoms with Crippen LogP contribution in [0.1, 0.15) is 27.2 Å². The van der Waals surface area contributed by atoms with Gasteiger partial charge in [0, 0.05) is 11.8 Å². The van der Waals surface area contributed by atoms with Crippen LogP contribution in [0.4, 0.5) is 5.69 Å². The van der Waals surface area contributed by atoms with Gasteiger partial charge in [0.1, 0.15) is 5.75 Å². The highest BCUT2D eigenvalue weighted by Crippen LogP contribution is 2.19. The summed E-state index contributed by atoms with van der Waals surface area (Å²) in [4.78, 5) is 12.0. The first-order valence-electron chi connectivity index (χ1n) is 6.31. The molecule has 2 unspecified atom stereocenters. The van der Waals surface area contributed by atoms with E-state index < -0.39 is 5.92 Å². The molecule has 4 nitrogen and oxygen atoms in total. The molecular formula is C14H20N2O2S. The van der Waals surface area contributed by atoms with Crippen molar-refractivity contribution in [3.05, 3.63) is 24.3 Å². The van der Waals surface area contributed by atoms with Gasteiger partial charge in [0.25, 0.3) is 0 Å². The molecule has 0 spiro atoms. The minimum absolute atomic E-state index is 0.140. The summed E-state index contributed by atoms with van der Waals surface area (Å²) < 4.78 is 5.69. The molecule has 104 valence electrons. The van der Waals surface area contributed by atoms with Crippen LogP contribution in [0.5, 0.6) is 5.75 Å². The zero-order chi connectivity index (χ0) is 14.4. The lowest BCUT2D eigenvalue weighted by molar-refractivity contribution is -0.117. The fraction of sp³-hybridized carbons (Fsp3) is 0.429. The maximum atomic E-state index is 11.8. The van der Waals surface area contributed by atoms with Crippen molar-refractivity contribution in [1.82, 2.24) is 0 Å². The normalized spacial score (nSPS) is 13.4. The van der Waals surface area contributed by atoms with Crippen LogP contribution in [0, 0.1) is 5.92 Å². The lowest BCUT2D eigenvalue weighted by atomic mass is 10.1. The quantitative estimate of drug-likeness (QED) is 0.786. The Hall–Kier alpha value is -1.62. The Bertz CT molecular complexity index is 463. The number of amides is 1. The zero-order valence-electron chi connectivity index (χ0n) is 11.5. The predicted octanol–water partition coefficient (Wildman–Crippen LogP) is 2.72. The summed E-state index contributed by atoms with van der Waals surface area (Å²) >= 11 is 4.80. The van der Waals surface area contributed by atoms with Crippen molar-refractivity contribution >= 4 is 28.8 Å². The predicted molar refractivity (Wildman–Crippen MR) is 81.4 cm³/mol. The van der Waals surface area contributed by atoms with Crippen molar-refractivity contribution in [2.45, 2.75) is 33.3 Å². The highest BCUT2D eigenvalue weighted by atomic mass is 32.1. The van der Waals surface area contributed by atoms with Gasteiger partial charge in [0.05, 0.1) is 17.0 Å². The van der Waals surface area contributed by atoms with Gasteiger partial charge in [-0.25, -0.2) is 0 Å². The van der Waals surface area contributed by atoms with Crippen LogP contribution in [-0.2, 0) is 4.79 Å². The van der Waals surface area contributed by atoms with E-state index in [1.54, 1.807) is 19.1 Å². The average molecular weight is 280 g/mol. The molecule has 1 amide bonds. The molecule has 0 aliphatic heterocycles. The molecule has 0 aromatic heterocycles. The molecule has 0 radical (unpaired) electrons. The van der Waals surface area contributed by atoms with Gasteiger partial charge in [-0.15, -0.1) is 0 Å². The molecule has 1 rings (SSSR count). The van der Waals surface area contributed by atoms with Gasteiger partial charge in [-0.2, -0.15) is 0 Å². The number of carbonyl (C=O) groups is 1. The van der Waals surface area contributed by atoms with E-state index in [2.05, 4.69) is 12.2 Å². The molecule has 19 heavy (non-hydrogen) atoms. The van der Waals surface area contributed by atoms with E-state index in [-0.39, 0.29) is 17.0 Å². The molecule has 0 fully saturated rings. The number of rotatable bonds is 6. The lowest BCUT2D eigenvalue weighted by Gasteiger charge is -2.14. The highest BCUT2D eigenvalue weighted by Gasteiger charge is 2.15. The smallest absolute Gasteiger partial charge is 0.234 e. The summed E-state index contributed by atoms with van der Waals surface area (Å²) in [5.74, 6) is 0.0254. The van der Waals surface area contributed by atoms with Gasteiger partial charge in [0.2, 0.25) is 5.91 Å². The number of nitrogens with one attached hydrogen (secondary N) is 1. The minimum atomic E-state index is -0.492. The van der Waals surface area contributed by atoms with E-state index in [4.69, 9.17) is 22.7 Å². The number of benzene rings is 1. The maximum Gasteiger partial charge on any atom is 0.234 e.